The SMILES string of the molecule is CC(C)c1ccc(C(=O)N2CCN(c3nnc(C(C)C)o3)CC2)cc1. The molecule has 0 N–H and O–H groups in total. The molecule has 1 aromatic carbocycles. The van der Waals surface area contributed by atoms with E-state index < -0.39 is 0 Å². The smallest absolute Gasteiger partial charge is 0.318 e. The van der Waals surface area contributed by atoms with Crippen molar-refractivity contribution in [3.63, 3.8) is 0 Å². The summed E-state index contributed by atoms with van der Waals surface area (Å²) in [6.07, 6.45) is 0. The van der Waals surface area contributed by atoms with Crippen LogP contribution in [0.15, 0.2) is 28.7 Å². The van der Waals surface area contributed by atoms with Crippen molar-refractivity contribution in [2.45, 2.75) is 39.5 Å². The number of rotatable bonds is 4. The molecular weight excluding hydrogens is 316 g/mol. The summed E-state index contributed by atoms with van der Waals surface area (Å²) in [5.74, 6) is 1.43. The second kappa shape index (κ2) is 7.25. The summed E-state index contributed by atoms with van der Waals surface area (Å²) in [6, 6.07) is 8.49. The lowest BCUT2D eigenvalue weighted by Gasteiger charge is -2.33. The van der Waals surface area contributed by atoms with Crippen LogP contribution in [0.1, 0.15) is 61.3 Å². The summed E-state index contributed by atoms with van der Waals surface area (Å²) < 4.78 is 5.70. The van der Waals surface area contributed by atoms with Crippen LogP contribution in [-0.2, 0) is 0 Å². The Labute approximate surface area is 148 Å². The highest BCUT2D eigenvalue weighted by molar-refractivity contribution is 5.94. The summed E-state index contributed by atoms with van der Waals surface area (Å²) in [5, 5.41) is 8.20. The fraction of sp³-hybridized carbons (Fsp3) is 0.526. The van der Waals surface area contributed by atoms with Gasteiger partial charge < -0.3 is 14.2 Å². The summed E-state index contributed by atoms with van der Waals surface area (Å²) in [7, 11) is 0. The molecule has 3 rings (SSSR count). The van der Waals surface area contributed by atoms with Gasteiger partial charge >= 0.3 is 6.01 Å². The third-order valence-electron chi connectivity index (χ3n) is 4.59. The lowest BCUT2D eigenvalue weighted by molar-refractivity contribution is 0.0745. The Morgan fingerprint density at radius 2 is 1.60 bits per heavy atom. The minimum atomic E-state index is 0.0864. The molecule has 1 aliphatic heterocycles. The van der Waals surface area contributed by atoms with Crippen LogP contribution < -0.4 is 4.90 Å². The molecule has 0 bridgehead atoms. The van der Waals surface area contributed by atoms with Gasteiger partial charge in [-0.1, -0.05) is 44.9 Å². The zero-order valence-corrected chi connectivity index (χ0v) is 15.4. The molecule has 1 fully saturated rings. The molecule has 1 saturated heterocycles. The zero-order valence-electron chi connectivity index (χ0n) is 15.4. The summed E-state index contributed by atoms with van der Waals surface area (Å²) >= 11 is 0. The van der Waals surface area contributed by atoms with E-state index in [-0.39, 0.29) is 11.8 Å². The molecule has 6 nitrogen and oxygen atoms in total. The summed E-state index contributed by atoms with van der Waals surface area (Å²) in [6.45, 7) is 11.1. The van der Waals surface area contributed by atoms with Crippen LogP contribution in [0.4, 0.5) is 6.01 Å². The quantitative estimate of drug-likeness (QED) is 0.853. The van der Waals surface area contributed by atoms with E-state index in [1.165, 1.54) is 5.56 Å². The Morgan fingerprint density at radius 1 is 0.960 bits per heavy atom. The maximum absolute atomic E-state index is 12.7. The molecule has 2 heterocycles. The molecule has 1 aromatic heterocycles. The topological polar surface area (TPSA) is 62.5 Å². The van der Waals surface area contributed by atoms with E-state index in [1.807, 2.05) is 47.9 Å². The Kier molecular flexibility index (Phi) is 5.06. The molecule has 6 heteroatoms. The van der Waals surface area contributed by atoms with Crippen molar-refractivity contribution in [3.8, 4) is 0 Å². The number of hydrogen-bond acceptors (Lipinski definition) is 5. The number of piperazine rings is 1. The van der Waals surface area contributed by atoms with Gasteiger partial charge in [0.1, 0.15) is 0 Å². The zero-order chi connectivity index (χ0) is 18.0. The number of nitrogens with zero attached hydrogens (tertiary/aromatic N) is 4. The Bertz CT molecular complexity index is 713. The van der Waals surface area contributed by atoms with Gasteiger partial charge in [-0.15, -0.1) is 5.10 Å². The van der Waals surface area contributed by atoms with Crippen molar-refractivity contribution in [2.24, 2.45) is 0 Å². The molecule has 0 radical (unpaired) electrons. The first-order valence-corrected chi connectivity index (χ1v) is 8.93. The summed E-state index contributed by atoms with van der Waals surface area (Å²) in [4.78, 5) is 16.6. The maximum atomic E-state index is 12.7. The fourth-order valence-electron chi connectivity index (χ4n) is 2.88. The minimum Gasteiger partial charge on any atom is -0.408 e. The van der Waals surface area contributed by atoms with Crippen LogP contribution in [0.2, 0.25) is 0 Å². The maximum Gasteiger partial charge on any atom is 0.318 e. The minimum absolute atomic E-state index is 0.0864. The Balaban J connectivity index is 1.60. The first-order chi connectivity index (χ1) is 12.0. The molecular formula is C19H26N4O2. The van der Waals surface area contributed by atoms with E-state index in [1.54, 1.807) is 0 Å². The average Bonchev–Trinajstić information content (AvgIpc) is 3.12. The van der Waals surface area contributed by atoms with Crippen molar-refractivity contribution >= 4 is 11.9 Å². The van der Waals surface area contributed by atoms with Gasteiger partial charge in [0.25, 0.3) is 5.91 Å². The van der Waals surface area contributed by atoms with Crippen LogP contribution in [0, 0.1) is 0 Å². The van der Waals surface area contributed by atoms with Gasteiger partial charge in [0.05, 0.1) is 0 Å². The molecule has 134 valence electrons. The van der Waals surface area contributed by atoms with E-state index >= 15 is 0 Å². The summed E-state index contributed by atoms with van der Waals surface area (Å²) in [5.41, 5.74) is 2.00. The molecule has 1 aliphatic rings. The van der Waals surface area contributed by atoms with Crippen molar-refractivity contribution in [3.05, 3.63) is 41.3 Å². The van der Waals surface area contributed by atoms with Gasteiger partial charge in [0.15, 0.2) is 0 Å². The number of hydrogen-bond donors (Lipinski definition) is 0. The number of benzene rings is 1. The molecule has 0 aliphatic carbocycles. The molecule has 0 saturated carbocycles. The van der Waals surface area contributed by atoms with E-state index in [0.717, 1.165) is 5.56 Å². The van der Waals surface area contributed by atoms with Crippen molar-refractivity contribution in [1.82, 2.24) is 15.1 Å². The van der Waals surface area contributed by atoms with Gasteiger partial charge in [0, 0.05) is 37.7 Å². The Morgan fingerprint density at radius 3 is 2.12 bits per heavy atom. The highest BCUT2D eigenvalue weighted by Crippen LogP contribution is 2.20. The van der Waals surface area contributed by atoms with Gasteiger partial charge in [-0.05, 0) is 23.6 Å². The van der Waals surface area contributed by atoms with Crippen LogP contribution in [0.25, 0.3) is 0 Å². The molecule has 0 atom stereocenters. The molecule has 25 heavy (non-hydrogen) atoms. The second-order valence-corrected chi connectivity index (χ2v) is 7.13. The van der Waals surface area contributed by atoms with Gasteiger partial charge in [0.2, 0.25) is 5.89 Å². The van der Waals surface area contributed by atoms with Crippen LogP contribution in [0.5, 0.6) is 0 Å². The molecule has 1 amide bonds. The normalized spacial score (nSPS) is 15.3. The number of anilines is 1. The standard InChI is InChI=1S/C19H26N4O2/c1-13(2)15-5-7-16(8-6-15)18(24)22-9-11-23(12-10-22)19-21-20-17(25-19)14(3)4/h5-8,13-14H,9-12H2,1-4H3. The number of carbonyl (C=O) groups is 1. The average molecular weight is 342 g/mol. The highest BCUT2D eigenvalue weighted by atomic mass is 16.4. The largest absolute Gasteiger partial charge is 0.408 e. The monoisotopic (exact) mass is 342 g/mol. The molecule has 2 aromatic rings. The Hall–Kier alpha value is -2.37. The third-order valence-corrected chi connectivity index (χ3v) is 4.59. The van der Waals surface area contributed by atoms with Crippen LogP contribution >= 0.6 is 0 Å². The van der Waals surface area contributed by atoms with Crippen molar-refractivity contribution < 1.29 is 9.21 Å². The fourth-order valence-corrected chi connectivity index (χ4v) is 2.88. The number of carbonyl (C=O) groups excluding carboxylic acids is 1. The first kappa shape index (κ1) is 17.5. The van der Waals surface area contributed by atoms with E-state index in [0.29, 0.717) is 44.0 Å². The third kappa shape index (κ3) is 3.83. The van der Waals surface area contributed by atoms with E-state index in [4.69, 9.17) is 4.42 Å². The second-order valence-electron chi connectivity index (χ2n) is 7.13. The predicted molar refractivity (Wildman–Crippen MR) is 97.0 cm³/mol. The van der Waals surface area contributed by atoms with Gasteiger partial charge in [-0.2, -0.15) is 0 Å². The molecule has 0 spiro atoms. The van der Waals surface area contributed by atoms with Gasteiger partial charge in [-0.3, -0.25) is 4.79 Å². The number of amides is 1. The van der Waals surface area contributed by atoms with E-state index in [9.17, 15) is 4.79 Å². The molecule has 0 unspecified atom stereocenters. The lowest BCUT2D eigenvalue weighted by atomic mass is 10.0. The van der Waals surface area contributed by atoms with Crippen molar-refractivity contribution in [1.29, 1.82) is 0 Å². The predicted octanol–water partition coefficient (Wildman–Crippen LogP) is 3.28. The van der Waals surface area contributed by atoms with E-state index in [2.05, 4.69) is 24.0 Å². The van der Waals surface area contributed by atoms with Crippen LogP contribution in [0.3, 0.4) is 0 Å². The van der Waals surface area contributed by atoms with Crippen LogP contribution in [-0.4, -0.2) is 47.2 Å². The number of aromatic nitrogens is 2. The lowest BCUT2D eigenvalue weighted by Crippen LogP contribution is -2.48. The van der Waals surface area contributed by atoms with Crippen molar-refractivity contribution in [2.75, 3.05) is 31.1 Å². The van der Waals surface area contributed by atoms with Gasteiger partial charge in [-0.25, -0.2) is 0 Å². The highest BCUT2D eigenvalue weighted by Gasteiger charge is 2.25. The first-order valence-electron chi connectivity index (χ1n) is 8.93.